The third-order valence-electron chi connectivity index (χ3n) is 4.83. The zero-order valence-electron chi connectivity index (χ0n) is 16.0. The first-order chi connectivity index (χ1) is 14.1. The number of fused-ring (bicyclic) bond motifs is 1. The molecule has 0 atom stereocenters. The Hall–Kier alpha value is -3.67. The van der Waals surface area contributed by atoms with Gasteiger partial charge in [-0.2, -0.15) is 0 Å². The lowest BCUT2D eigenvalue weighted by molar-refractivity contribution is -0.110. The van der Waals surface area contributed by atoms with Crippen LogP contribution in [0.25, 0.3) is 5.57 Å². The van der Waals surface area contributed by atoms with Gasteiger partial charge in [0, 0.05) is 47.8 Å². The van der Waals surface area contributed by atoms with Crippen molar-refractivity contribution in [3.8, 4) is 0 Å². The van der Waals surface area contributed by atoms with E-state index in [-0.39, 0.29) is 11.7 Å². The second kappa shape index (κ2) is 8.14. The highest BCUT2D eigenvalue weighted by atomic mass is 19.1. The van der Waals surface area contributed by atoms with Crippen LogP contribution < -0.4 is 16.0 Å². The molecule has 1 amide bonds. The third-order valence-corrected chi connectivity index (χ3v) is 4.83. The number of nitrogens with one attached hydrogen (secondary N) is 3. The number of amides is 1. The molecule has 1 aromatic heterocycles. The third kappa shape index (κ3) is 4.27. The fourth-order valence-corrected chi connectivity index (χ4v) is 3.30. The lowest BCUT2D eigenvalue weighted by Gasteiger charge is -2.11. The molecule has 0 spiro atoms. The van der Waals surface area contributed by atoms with E-state index in [2.05, 4.69) is 27.0 Å². The largest absolute Gasteiger partial charge is 0.384 e. The first-order valence-corrected chi connectivity index (χ1v) is 9.41. The number of hydrogen-bond acceptors (Lipinski definition) is 4. The molecule has 2 aromatic carbocycles. The molecule has 0 unspecified atom stereocenters. The Bertz CT molecular complexity index is 1080. The predicted octanol–water partition coefficient (Wildman–Crippen LogP) is 4.59. The number of carbonyl (C=O) groups is 1. The maximum Gasteiger partial charge on any atom is 0.257 e. The Balaban J connectivity index is 1.42. The lowest BCUT2D eigenvalue weighted by atomic mass is 10.1. The topological polar surface area (TPSA) is 66.1 Å². The van der Waals surface area contributed by atoms with E-state index in [9.17, 15) is 9.18 Å². The average molecular weight is 388 g/mol. The van der Waals surface area contributed by atoms with Crippen molar-refractivity contribution in [1.82, 2.24) is 4.98 Å². The number of carbonyl (C=O) groups excluding carboxylic acids is 1. The van der Waals surface area contributed by atoms with Crippen molar-refractivity contribution in [2.24, 2.45) is 0 Å². The first-order valence-electron chi connectivity index (χ1n) is 9.41. The molecule has 3 N–H and O–H groups in total. The standard InChI is InChI=1S/C23H21FN4O/c1-15-11-18(5-7-21(15)26-10-8-16-3-2-9-25-13-16)27-14-20-19-12-17(24)4-6-22(19)28-23(20)29/h2-7,9,11-14,26-27H,8,10H2,1H3,(H,28,29). The van der Waals surface area contributed by atoms with Crippen LogP contribution in [-0.4, -0.2) is 17.4 Å². The molecule has 0 saturated heterocycles. The van der Waals surface area contributed by atoms with Crippen molar-refractivity contribution in [1.29, 1.82) is 0 Å². The fourth-order valence-electron chi connectivity index (χ4n) is 3.30. The molecule has 0 saturated carbocycles. The summed E-state index contributed by atoms with van der Waals surface area (Å²) in [4.78, 5) is 16.3. The van der Waals surface area contributed by atoms with Crippen molar-refractivity contribution in [2.75, 3.05) is 22.5 Å². The normalized spacial score (nSPS) is 13.9. The summed E-state index contributed by atoms with van der Waals surface area (Å²) in [6.07, 6.45) is 6.15. The summed E-state index contributed by atoms with van der Waals surface area (Å²) >= 11 is 0. The number of aromatic nitrogens is 1. The minimum absolute atomic E-state index is 0.247. The van der Waals surface area contributed by atoms with Crippen LogP contribution in [0.2, 0.25) is 0 Å². The Morgan fingerprint density at radius 2 is 2.07 bits per heavy atom. The minimum atomic E-state index is -0.372. The van der Waals surface area contributed by atoms with Crippen LogP contribution >= 0.6 is 0 Å². The molecule has 2 heterocycles. The van der Waals surface area contributed by atoms with Crippen LogP contribution in [0.5, 0.6) is 0 Å². The maximum absolute atomic E-state index is 13.5. The summed E-state index contributed by atoms with van der Waals surface area (Å²) < 4.78 is 13.5. The first kappa shape index (κ1) is 18.7. The van der Waals surface area contributed by atoms with Gasteiger partial charge in [-0.3, -0.25) is 9.78 Å². The quantitative estimate of drug-likeness (QED) is 0.541. The SMILES string of the molecule is Cc1cc(NC=C2C(=O)Nc3ccc(F)cc32)ccc1NCCc1cccnc1. The molecule has 29 heavy (non-hydrogen) atoms. The van der Waals surface area contributed by atoms with E-state index >= 15 is 0 Å². The highest BCUT2D eigenvalue weighted by molar-refractivity contribution is 6.31. The smallest absolute Gasteiger partial charge is 0.257 e. The highest BCUT2D eigenvalue weighted by Crippen LogP contribution is 2.32. The van der Waals surface area contributed by atoms with Crippen molar-refractivity contribution < 1.29 is 9.18 Å². The molecule has 6 heteroatoms. The number of pyridine rings is 1. The molecular weight excluding hydrogens is 367 g/mol. The predicted molar refractivity (Wildman–Crippen MR) is 114 cm³/mol. The van der Waals surface area contributed by atoms with Gasteiger partial charge in [-0.25, -0.2) is 4.39 Å². The molecule has 1 aliphatic heterocycles. The van der Waals surface area contributed by atoms with Crippen LogP contribution in [0.4, 0.5) is 21.5 Å². The number of benzene rings is 2. The van der Waals surface area contributed by atoms with E-state index in [4.69, 9.17) is 0 Å². The number of hydrogen-bond donors (Lipinski definition) is 3. The van der Waals surface area contributed by atoms with E-state index in [0.29, 0.717) is 16.8 Å². The van der Waals surface area contributed by atoms with E-state index < -0.39 is 0 Å². The van der Waals surface area contributed by atoms with Gasteiger partial charge >= 0.3 is 0 Å². The lowest BCUT2D eigenvalue weighted by Crippen LogP contribution is -2.07. The summed E-state index contributed by atoms with van der Waals surface area (Å²) in [6.45, 7) is 2.84. The van der Waals surface area contributed by atoms with Gasteiger partial charge in [0.05, 0.1) is 5.57 Å². The van der Waals surface area contributed by atoms with Crippen molar-refractivity contribution in [3.63, 3.8) is 0 Å². The van der Waals surface area contributed by atoms with Crippen LogP contribution in [0.1, 0.15) is 16.7 Å². The van der Waals surface area contributed by atoms with Crippen LogP contribution in [0.15, 0.2) is 67.1 Å². The number of halogens is 1. The summed E-state index contributed by atoms with van der Waals surface area (Å²) in [5.74, 6) is -0.618. The Morgan fingerprint density at radius 1 is 1.17 bits per heavy atom. The maximum atomic E-state index is 13.5. The van der Waals surface area contributed by atoms with Crippen LogP contribution in [0.3, 0.4) is 0 Å². The zero-order valence-corrected chi connectivity index (χ0v) is 16.0. The van der Waals surface area contributed by atoms with Gasteiger partial charge in [-0.05, 0) is 66.9 Å². The fraction of sp³-hybridized carbons (Fsp3) is 0.130. The molecule has 1 aliphatic rings. The summed E-state index contributed by atoms with van der Waals surface area (Å²) in [5.41, 5.74) is 5.78. The van der Waals surface area contributed by atoms with Crippen LogP contribution in [-0.2, 0) is 11.2 Å². The molecule has 0 bridgehead atoms. The van der Waals surface area contributed by atoms with Gasteiger partial charge in [0.1, 0.15) is 5.82 Å². The number of anilines is 3. The molecule has 3 aromatic rings. The molecule has 0 aliphatic carbocycles. The number of aryl methyl sites for hydroxylation is 1. The molecular formula is C23H21FN4O. The van der Waals surface area contributed by atoms with Crippen molar-refractivity contribution >= 4 is 28.5 Å². The number of rotatable bonds is 6. The van der Waals surface area contributed by atoms with Gasteiger partial charge in [0.2, 0.25) is 0 Å². The molecule has 5 nitrogen and oxygen atoms in total. The van der Waals surface area contributed by atoms with Crippen LogP contribution in [0, 0.1) is 12.7 Å². The summed E-state index contributed by atoms with van der Waals surface area (Å²) in [5, 5.41) is 9.32. The van der Waals surface area contributed by atoms with Gasteiger partial charge in [0.25, 0.3) is 5.91 Å². The molecule has 0 fully saturated rings. The van der Waals surface area contributed by atoms with Gasteiger partial charge in [-0.1, -0.05) is 6.07 Å². The monoisotopic (exact) mass is 388 g/mol. The average Bonchev–Trinajstić information content (AvgIpc) is 3.03. The van der Waals surface area contributed by atoms with E-state index in [0.717, 1.165) is 29.9 Å². The van der Waals surface area contributed by atoms with Crippen molar-refractivity contribution in [3.05, 3.63) is 89.6 Å². The van der Waals surface area contributed by atoms with E-state index in [1.54, 1.807) is 18.5 Å². The minimum Gasteiger partial charge on any atom is -0.384 e. The second-order valence-corrected chi connectivity index (χ2v) is 6.91. The van der Waals surface area contributed by atoms with Gasteiger partial charge < -0.3 is 16.0 Å². The van der Waals surface area contributed by atoms with Crippen molar-refractivity contribution in [2.45, 2.75) is 13.3 Å². The zero-order chi connectivity index (χ0) is 20.2. The molecule has 4 rings (SSSR count). The summed E-state index contributed by atoms with van der Waals surface area (Å²) in [6, 6.07) is 14.2. The van der Waals surface area contributed by atoms with E-state index in [1.165, 1.54) is 17.7 Å². The highest BCUT2D eigenvalue weighted by Gasteiger charge is 2.24. The van der Waals surface area contributed by atoms with Gasteiger partial charge in [0.15, 0.2) is 0 Å². The number of nitrogens with zero attached hydrogens (tertiary/aromatic N) is 1. The van der Waals surface area contributed by atoms with E-state index in [1.807, 2.05) is 37.4 Å². The second-order valence-electron chi connectivity index (χ2n) is 6.91. The van der Waals surface area contributed by atoms with Gasteiger partial charge in [-0.15, -0.1) is 0 Å². The Labute approximate surface area is 168 Å². The Morgan fingerprint density at radius 3 is 2.86 bits per heavy atom. The molecule has 146 valence electrons. The molecule has 0 radical (unpaired) electrons. The Kier molecular flexibility index (Phi) is 5.24. The summed E-state index contributed by atoms with van der Waals surface area (Å²) in [7, 11) is 0.